The first-order chi connectivity index (χ1) is 8.25. The third kappa shape index (κ3) is 3.43. The van der Waals surface area contributed by atoms with Crippen LogP contribution in [0.4, 0.5) is 17.6 Å². The molecule has 0 aliphatic heterocycles. The van der Waals surface area contributed by atoms with Gasteiger partial charge in [-0.3, -0.25) is 0 Å². The largest absolute Gasteiger partial charge is 0.467 e. The number of alkyl halides is 3. The van der Waals surface area contributed by atoms with Gasteiger partial charge in [0.1, 0.15) is 5.82 Å². The second kappa shape index (κ2) is 5.34. The Morgan fingerprint density at radius 2 is 2.06 bits per heavy atom. The van der Waals surface area contributed by atoms with Crippen molar-refractivity contribution in [3.8, 4) is 0 Å². The van der Waals surface area contributed by atoms with Gasteiger partial charge in [0.05, 0.1) is 12.7 Å². The Bertz CT molecular complexity index is 442. The van der Waals surface area contributed by atoms with Crippen LogP contribution in [0.3, 0.4) is 0 Å². The first kappa shape index (κ1) is 14.4. The summed E-state index contributed by atoms with van der Waals surface area (Å²) in [5.74, 6) is -2.11. The van der Waals surface area contributed by atoms with E-state index in [0.29, 0.717) is 12.1 Å². The molecule has 1 unspecified atom stereocenters. The maximum absolute atomic E-state index is 13.3. The Morgan fingerprint density at radius 1 is 1.44 bits per heavy atom. The van der Waals surface area contributed by atoms with Crippen molar-refractivity contribution in [2.75, 3.05) is 7.11 Å². The van der Waals surface area contributed by atoms with E-state index in [-0.39, 0.29) is 5.56 Å². The average molecular weight is 266 g/mol. The van der Waals surface area contributed by atoms with Crippen LogP contribution in [0.25, 0.3) is 0 Å². The van der Waals surface area contributed by atoms with E-state index < -0.39 is 36.1 Å². The number of esters is 1. The molecule has 0 amide bonds. The van der Waals surface area contributed by atoms with Crippen LogP contribution in [0, 0.1) is 5.82 Å². The molecule has 18 heavy (non-hydrogen) atoms. The molecule has 0 bridgehead atoms. The Kier molecular flexibility index (Phi) is 4.28. The number of halogens is 4. The lowest BCUT2D eigenvalue weighted by atomic mass is 10.0. The molecule has 100 valence electrons. The molecule has 1 N–H and O–H groups in total. The Labute approximate surface area is 100.0 Å². The molecule has 1 aromatic rings. The minimum absolute atomic E-state index is 0.194. The van der Waals surface area contributed by atoms with Gasteiger partial charge in [-0.05, 0) is 17.7 Å². The first-order valence-corrected chi connectivity index (χ1v) is 4.87. The third-order valence-electron chi connectivity index (χ3n) is 2.27. The maximum Gasteiger partial charge on any atom is 0.416 e. The van der Waals surface area contributed by atoms with Gasteiger partial charge in [0.15, 0.2) is 6.10 Å². The van der Waals surface area contributed by atoms with Gasteiger partial charge in [-0.1, -0.05) is 6.07 Å². The second-order valence-corrected chi connectivity index (χ2v) is 3.55. The Balaban J connectivity index is 2.90. The van der Waals surface area contributed by atoms with E-state index in [2.05, 4.69) is 4.74 Å². The molecular weight excluding hydrogens is 256 g/mol. The molecule has 0 saturated heterocycles. The van der Waals surface area contributed by atoms with Crippen LogP contribution < -0.4 is 0 Å². The summed E-state index contributed by atoms with van der Waals surface area (Å²) in [6.07, 6.45) is -6.70. The summed E-state index contributed by atoms with van der Waals surface area (Å²) in [5, 5.41) is 9.26. The highest BCUT2D eigenvalue weighted by atomic mass is 19.4. The van der Waals surface area contributed by atoms with Crippen LogP contribution >= 0.6 is 0 Å². The third-order valence-corrected chi connectivity index (χ3v) is 2.27. The topological polar surface area (TPSA) is 46.5 Å². The molecule has 0 fully saturated rings. The van der Waals surface area contributed by atoms with Crippen molar-refractivity contribution >= 4 is 5.97 Å². The number of carbonyl (C=O) groups is 1. The van der Waals surface area contributed by atoms with Crippen LogP contribution in [0.15, 0.2) is 18.2 Å². The molecule has 0 spiro atoms. The van der Waals surface area contributed by atoms with E-state index in [9.17, 15) is 27.5 Å². The minimum atomic E-state index is -4.64. The molecule has 0 heterocycles. The number of ether oxygens (including phenoxy) is 1. The zero-order valence-corrected chi connectivity index (χ0v) is 9.29. The highest BCUT2D eigenvalue weighted by molar-refractivity contribution is 5.74. The van der Waals surface area contributed by atoms with Gasteiger partial charge in [0, 0.05) is 6.42 Å². The van der Waals surface area contributed by atoms with Crippen molar-refractivity contribution in [2.24, 2.45) is 0 Å². The smallest absolute Gasteiger partial charge is 0.416 e. The van der Waals surface area contributed by atoms with Gasteiger partial charge >= 0.3 is 12.1 Å². The SMILES string of the molecule is COC(=O)C(O)Cc1ccc(C(F)(F)F)cc1F. The van der Waals surface area contributed by atoms with Crippen molar-refractivity contribution in [3.05, 3.63) is 35.1 Å². The fraction of sp³-hybridized carbons (Fsp3) is 0.364. The first-order valence-electron chi connectivity index (χ1n) is 4.87. The normalized spacial score (nSPS) is 13.2. The monoisotopic (exact) mass is 266 g/mol. The van der Waals surface area contributed by atoms with Gasteiger partial charge in [-0.25, -0.2) is 9.18 Å². The van der Waals surface area contributed by atoms with Gasteiger partial charge in [0.25, 0.3) is 0 Å². The Morgan fingerprint density at radius 3 is 2.50 bits per heavy atom. The van der Waals surface area contributed by atoms with E-state index >= 15 is 0 Å². The molecule has 0 aromatic heterocycles. The lowest BCUT2D eigenvalue weighted by molar-refractivity contribution is -0.150. The predicted octanol–water partition coefficient (Wildman–Crippen LogP) is 1.92. The van der Waals surface area contributed by atoms with Crippen molar-refractivity contribution in [3.63, 3.8) is 0 Å². The van der Waals surface area contributed by atoms with E-state index in [1.165, 1.54) is 0 Å². The fourth-order valence-electron chi connectivity index (χ4n) is 1.32. The molecule has 7 heteroatoms. The minimum Gasteiger partial charge on any atom is -0.467 e. The van der Waals surface area contributed by atoms with Crippen LogP contribution in [-0.4, -0.2) is 24.3 Å². The molecular formula is C11H10F4O3. The van der Waals surface area contributed by atoms with E-state index in [0.717, 1.165) is 13.2 Å². The fourth-order valence-corrected chi connectivity index (χ4v) is 1.32. The summed E-state index contributed by atoms with van der Waals surface area (Å²) in [7, 11) is 1.04. The number of hydrogen-bond donors (Lipinski definition) is 1. The summed E-state index contributed by atoms with van der Waals surface area (Å²) >= 11 is 0. The van der Waals surface area contributed by atoms with Crippen molar-refractivity contribution in [2.45, 2.75) is 18.7 Å². The second-order valence-electron chi connectivity index (χ2n) is 3.55. The van der Waals surface area contributed by atoms with Crippen LogP contribution in [0.2, 0.25) is 0 Å². The molecule has 1 rings (SSSR count). The quantitative estimate of drug-likeness (QED) is 0.671. The maximum atomic E-state index is 13.3. The van der Waals surface area contributed by atoms with Gasteiger partial charge in [-0.2, -0.15) is 13.2 Å². The summed E-state index contributed by atoms with van der Waals surface area (Å²) < 4.78 is 54.3. The number of aliphatic hydroxyl groups is 1. The number of carbonyl (C=O) groups excluding carboxylic acids is 1. The highest BCUT2D eigenvalue weighted by Crippen LogP contribution is 2.30. The van der Waals surface area contributed by atoms with Crippen molar-refractivity contribution < 1.29 is 32.2 Å². The summed E-state index contributed by atoms with van der Waals surface area (Å²) in [6.45, 7) is 0. The average Bonchev–Trinajstić information content (AvgIpc) is 2.29. The van der Waals surface area contributed by atoms with E-state index in [1.807, 2.05) is 0 Å². The van der Waals surface area contributed by atoms with Crippen LogP contribution in [-0.2, 0) is 22.1 Å². The summed E-state index contributed by atoms with van der Waals surface area (Å²) in [5.41, 5.74) is -1.32. The van der Waals surface area contributed by atoms with Crippen LogP contribution in [0.5, 0.6) is 0 Å². The summed E-state index contributed by atoms with van der Waals surface area (Å²) in [4.78, 5) is 10.9. The zero-order chi connectivity index (χ0) is 13.9. The summed E-state index contributed by atoms with van der Waals surface area (Å²) in [6, 6.07) is 1.88. The molecule has 0 aliphatic carbocycles. The molecule has 1 aromatic carbocycles. The predicted molar refractivity (Wildman–Crippen MR) is 53.1 cm³/mol. The Hall–Kier alpha value is -1.63. The van der Waals surface area contributed by atoms with Crippen molar-refractivity contribution in [1.82, 2.24) is 0 Å². The molecule has 0 radical (unpaired) electrons. The van der Waals surface area contributed by atoms with Gasteiger partial charge in [0.2, 0.25) is 0 Å². The van der Waals surface area contributed by atoms with Gasteiger partial charge in [-0.15, -0.1) is 0 Å². The standard InChI is InChI=1S/C11H10F4O3/c1-18-10(17)9(16)4-6-2-3-7(5-8(6)12)11(13,14)15/h2-3,5,9,16H,4H2,1H3. The molecule has 3 nitrogen and oxygen atoms in total. The molecule has 0 saturated carbocycles. The number of rotatable bonds is 3. The number of aliphatic hydroxyl groups excluding tert-OH is 1. The van der Waals surface area contributed by atoms with Crippen molar-refractivity contribution in [1.29, 1.82) is 0 Å². The number of methoxy groups -OCH3 is 1. The van der Waals surface area contributed by atoms with Crippen LogP contribution in [0.1, 0.15) is 11.1 Å². The lowest BCUT2D eigenvalue weighted by Crippen LogP contribution is -2.24. The molecule has 0 aliphatic rings. The van der Waals surface area contributed by atoms with Gasteiger partial charge < -0.3 is 9.84 Å². The number of hydrogen-bond acceptors (Lipinski definition) is 3. The zero-order valence-electron chi connectivity index (χ0n) is 9.29. The lowest BCUT2D eigenvalue weighted by Gasteiger charge is -2.11. The van der Waals surface area contributed by atoms with E-state index in [4.69, 9.17) is 0 Å². The van der Waals surface area contributed by atoms with E-state index in [1.54, 1.807) is 0 Å². The number of benzene rings is 1. The molecule has 1 atom stereocenters. The highest BCUT2D eigenvalue weighted by Gasteiger charge is 2.31.